The van der Waals surface area contributed by atoms with E-state index in [0.29, 0.717) is 12.0 Å². The average molecular weight is 235 g/mol. The molecule has 0 saturated carbocycles. The maximum Gasteiger partial charge on any atom is 0.230 e. The van der Waals surface area contributed by atoms with E-state index in [1.54, 1.807) is 0 Å². The van der Waals surface area contributed by atoms with E-state index in [1.165, 1.54) is 25.7 Å². The minimum absolute atomic E-state index is 0.336. The Labute approximate surface area is 102 Å². The quantitative estimate of drug-likeness (QED) is 0.846. The van der Waals surface area contributed by atoms with Crippen molar-refractivity contribution in [2.75, 3.05) is 17.2 Å². The van der Waals surface area contributed by atoms with Gasteiger partial charge in [-0.15, -0.1) is 0 Å². The fourth-order valence-corrected chi connectivity index (χ4v) is 2.28. The number of nitrogen functional groups attached to an aromatic ring is 1. The summed E-state index contributed by atoms with van der Waals surface area (Å²) in [6.07, 6.45) is 5.79. The molecule has 0 spiro atoms. The van der Waals surface area contributed by atoms with Gasteiger partial charge in [-0.05, 0) is 19.8 Å². The van der Waals surface area contributed by atoms with Crippen LogP contribution in [0.3, 0.4) is 0 Å². The first-order valence-corrected chi connectivity index (χ1v) is 6.47. The minimum Gasteiger partial charge on any atom is -0.368 e. The van der Waals surface area contributed by atoms with Gasteiger partial charge in [-0.25, -0.2) is 0 Å². The Hall–Kier alpha value is -1.39. The summed E-state index contributed by atoms with van der Waals surface area (Å²) in [5.74, 6) is 1.87. The molecule has 17 heavy (non-hydrogen) atoms. The minimum atomic E-state index is 0.336. The second kappa shape index (κ2) is 5.29. The number of hydrogen-bond acceptors (Lipinski definition) is 5. The molecular formula is C12H21N5. The van der Waals surface area contributed by atoms with Crippen LogP contribution in [0.2, 0.25) is 0 Å². The van der Waals surface area contributed by atoms with Crippen molar-refractivity contribution < 1.29 is 0 Å². The van der Waals surface area contributed by atoms with E-state index in [9.17, 15) is 0 Å². The van der Waals surface area contributed by atoms with Gasteiger partial charge in [0.2, 0.25) is 11.9 Å². The predicted octanol–water partition coefficient (Wildman–Crippen LogP) is 1.79. The van der Waals surface area contributed by atoms with Crippen LogP contribution in [0.25, 0.3) is 0 Å². The van der Waals surface area contributed by atoms with Crippen molar-refractivity contribution in [3.05, 3.63) is 5.82 Å². The van der Waals surface area contributed by atoms with E-state index in [1.807, 2.05) is 6.92 Å². The molecule has 94 valence electrons. The van der Waals surface area contributed by atoms with Crippen molar-refractivity contribution in [1.29, 1.82) is 0 Å². The summed E-state index contributed by atoms with van der Waals surface area (Å²) in [4.78, 5) is 15.2. The molecule has 0 bridgehead atoms. The number of anilines is 2. The molecule has 0 aromatic carbocycles. The third kappa shape index (κ3) is 2.84. The summed E-state index contributed by atoms with van der Waals surface area (Å²) in [7, 11) is 0. The Bertz CT molecular complexity index is 379. The fourth-order valence-electron chi connectivity index (χ4n) is 2.28. The molecule has 1 aliphatic rings. The second-order valence-electron chi connectivity index (χ2n) is 4.66. The number of aryl methyl sites for hydroxylation is 1. The van der Waals surface area contributed by atoms with Gasteiger partial charge in [0.25, 0.3) is 0 Å². The standard InChI is InChI=1S/C12H21N5/c1-3-10-14-11(13)16-12(15-10)17-8-6-4-5-7-9(17)2/h9H,3-8H2,1-2H3,(H2,13,14,15,16). The zero-order valence-electron chi connectivity index (χ0n) is 10.7. The lowest BCUT2D eigenvalue weighted by molar-refractivity contribution is 0.602. The van der Waals surface area contributed by atoms with E-state index in [0.717, 1.165) is 24.7 Å². The third-order valence-corrected chi connectivity index (χ3v) is 3.31. The van der Waals surface area contributed by atoms with E-state index >= 15 is 0 Å². The highest BCUT2D eigenvalue weighted by atomic mass is 15.3. The van der Waals surface area contributed by atoms with Crippen molar-refractivity contribution in [1.82, 2.24) is 15.0 Å². The van der Waals surface area contributed by atoms with E-state index in [-0.39, 0.29) is 0 Å². The summed E-state index contributed by atoms with van der Waals surface area (Å²) in [6, 6.07) is 0.490. The molecule has 2 heterocycles. The number of rotatable bonds is 2. The molecule has 1 aromatic rings. The van der Waals surface area contributed by atoms with Crippen LogP contribution in [-0.4, -0.2) is 27.5 Å². The summed E-state index contributed by atoms with van der Waals surface area (Å²) in [6.45, 7) is 5.29. The van der Waals surface area contributed by atoms with Gasteiger partial charge in [0.15, 0.2) is 0 Å². The topological polar surface area (TPSA) is 67.9 Å². The van der Waals surface area contributed by atoms with Gasteiger partial charge in [0.05, 0.1) is 0 Å². The fraction of sp³-hybridized carbons (Fsp3) is 0.750. The average Bonchev–Trinajstić information content (AvgIpc) is 2.53. The molecule has 1 unspecified atom stereocenters. The van der Waals surface area contributed by atoms with Crippen LogP contribution in [0, 0.1) is 0 Å². The van der Waals surface area contributed by atoms with Crippen LogP contribution in [0.4, 0.5) is 11.9 Å². The third-order valence-electron chi connectivity index (χ3n) is 3.31. The molecule has 1 aliphatic heterocycles. The maximum atomic E-state index is 5.74. The molecular weight excluding hydrogens is 214 g/mol. The molecule has 0 radical (unpaired) electrons. The molecule has 1 atom stereocenters. The van der Waals surface area contributed by atoms with E-state index in [4.69, 9.17) is 5.73 Å². The van der Waals surface area contributed by atoms with Crippen LogP contribution in [0.5, 0.6) is 0 Å². The number of aromatic nitrogens is 3. The largest absolute Gasteiger partial charge is 0.368 e. The van der Waals surface area contributed by atoms with Gasteiger partial charge >= 0.3 is 0 Å². The molecule has 1 fully saturated rings. The van der Waals surface area contributed by atoms with Crippen LogP contribution in [-0.2, 0) is 6.42 Å². The Morgan fingerprint density at radius 3 is 2.82 bits per heavy atom. The van der Waals surface area contributed by atoms with Crippen molar-refractivity contribution in [3.8, 4) is 0 Å². The first-order valence-electron chi connectivity index (χ1n) is 6.47. The van der Waals surface area contributed by atoms with Gasteiger partial charge < -0.3 is 10.6 Å². The first kappa shape index (κ1) is 12.1. The lowest BCUT2D eigenvalue weighted by Gasteiger charge is -2.27. The molecule has 0 amide bonds. The summed E-state index contributed by atoms with van der Waals surface area (Å²) in [5, 5.41) is 0. The predicted molar refractivity (Wildman–Crippen MR) is 68.9 cm³/mol. The zero-order valence-corrected chi connectivity index (χ0v) is 10.7. The monoisotopic (exact) mass is 235 g/mol. The molecule has 0 aliphatic carbocycles. The maximum absolute atomic E-state index is 5.74. The smallest absolute Gasteiger partial charge is 0.230 e. The molecule has 5 nitrogen and oxygen atoms in total. The van der Waals surface area contributed by atoms with Crippen LogP contribution in [0.1, 0.15) is 45.4 Å². The van der Waals surface area contributed by atoms with Gasteiger partial charge in [-0.3, -0.25) is 0 Å². The van der Waals surface area contributed by atoms with Crippen molar-refractivity contribution in [3.63, 3.8) is 0 Å². The summed E-state index contributed by atoms with van der Waals surface area (Å²) in [5.41, 5.74) is 5.74. The van der Waals surface area contributed by atoms with Gasteiger partial charge in [0.1, 0.15) is 5.82 Å². The highest BCUT2D eigenvalue weighted by Crippen LogP contribution is 2.21. The molecule has 2 N–H and O–H groups in total. The molecule has 5 heteroatoms. The molecule has 2 rings (SSSR count). The van der Waals surface area contributed by atoms with E-state index < -0.39 is 0 Å². The molecule has 1 saturated heterocycles. The Morgan fingerprint density at radius 1 is 1.24 bits per heavy atom. The Morgan fingerprint density at radius 2 is 2.06 bits per heavy atom. The Kier molecular flexibility index (Phi) is 3.76. The van der Waals surface area contributed by atoms with Gasteiger partial charge in [-0.1, -0.05) is 19.8 Å². The first-order chi connectivity index (χ1) is 8.20. The van der Waals surface area contributed by atoms with Crippen molar-refractivity contribution in [2.45, 2.75) is 52.0 Å². The lowest BCUT2D eigenvalue weighted by Crippen LogP contribution is -2.34. The second-order valence-corrected chi connectivity index (χ2v) is 4.66. The van der Waals surface area contributed by atoms with Crippen LogP contribution >= 0.6 is 0 Å². The van der Waals surface area contributed by atoms with Crippen molar-refractivity contribution >= 4 is 11.9 Å². The van der Waals surface area contributed by atoms with Gasteiger partial charge in [-0.2, -0.15) is 15.0 Å². The SMILES string of the molecule is CCc1nc(N)nc(N2CCCCCC2C)n1. The highest BCUT2D eigenvalue weighted by molar-refractivity contribution is 5.36. The lowest BCUT2D eigenvalue weighted by atomic mass is 10.1. The number of nitrogens with two attached hydrogens (primary N) is 1. The van der Waals surface area contributed by atoms with Crippen LogP contribution < -0.4 is 10.6 Å². The highest BCUT2D eigenvalue weighted by Gasteiger charge is 2.20. The summed E-state index contributed by atoms with van der Waals surface area (Å²) < 4.78 is 0. The summed E-state index contributed by atoms with van der Waals surface area (Å²) >= 11 is 0. The molecule has 1 aromatic heterocycles. The number of nitrogens with zero attached hydrogens (tertiary/aromatic N) is 4. The number of hydrogen-bond donors (Lipinski definition) is 1. The zero-order chi connectivity index (χ0) is 12.3. The van der Waals surface area contributed by atoms with Crippen LogP contribution in [0.15, 0.2) is 0 Å². The van der Waals surface area contributed by atoms with E-state index in [2.05, 4.69) is 26.8 Å². The van der Waals surface area contributed by atoms with Crippen molar-refractivity contribution in [2.24, 2.45) is 0 Å². The Balaban J connectivity index is 2.27. The normalized spacial score (nSPS) is 21.3. The van der Waals surface area contributed by atoms with Gasteiger partial charge in [0, 0.05) is 19.0 Å².